The number of nitriles is 6. The molecule has 0 spiro atoms. The Bertz CT molecular complexity index is 2260. The molecular weight excluding hydrogens is 658 g/mol. The lowest BCUT2D eigenvalue weighted by Crippen LogP contribution is -2.08. The SMILES string of the molecule is N#CC(C#N)=C1C(c2c(F)c(F)c(F)c(F)c2F)=C(C#N)c2cc3c(cc21)C(=C(C#N)C#N)C(c1c(F)c(F)c(F)c(F)c1F)=C3C#N. The molecule has 6 nitrogen and oxygen atoms in total. The Morgan fingerprint density at radius 1 is 0.375 bits per heavy atom. The molecule has 3 aromatic carbocycles. The zero-order valence-corrected chi connectivity index (χ0v) is 22.6. The highest BCUT2D eigenvalue weighted by Gasteiger charge is 2.42. The summed E-state index contributed by atoms with van der Waals surface area (Å²) in [5.74, 6) is -25.0. The molecule has 0 saturated carbocycles. The lowest BCUT2D eigenvalue weighted by Gasteiger charge is -2.14. The maximum atomic E-state index is 15.1. The minimum absolute atomic E-state index is 0.575. The van der Waals surface area contributed by atoms with E-state index in [0.717, 1.165) is 12.1 Å². The van der Waals surface area contributed by atoms with Crippen molar-refractivity contribution in [2.75, 3.05) is 0 Å². The molecule has 0 bridgehead atoms. The van der Waals surface area contributed by atoms with Crippen molar-refractivity contribution in [3.05, 3.63) is 115 Å². The molecule has 0 heterocycles. The summed E-state index contributed by atoms with van der Waals surface area (Å²) in [4.78, 5) is 0. The van der Waals surface area contributed by atoms with E-state index in [4.69, 9.17) is 0 Å². The molecule has 48 heavy (non-hydrogen) atoms. The van der Waals surface area contributed by atoms with Crippen LogP contribution in [0, 0.1) is 126 Å². The van der Waals surface area contributed by atoms with Crippen LogP contribution in [0.5, 0.6) is 0 Å². The van der Waals surface area contributed by atoms with Gasteiger partial charge in [-0.25, -0.2) is 43.9 Å². The maximum Gasteiger partial charge on any atom is 0.200 e. The number of fused-ring (bicyclic) bond motifs is 2. The van der Waals surface area contributed by atoms with Crippen LogP contribution in [0.25, 0.3) is 33.4 Å². The molecule has 0 saturated heterocycles. The normalized spacial score (nSPS) is 12.8. The minimum Gasteiger partial charge on any atom is -0.203 e. The fraction of sp³-hybridized carbons (Fsp3) is 0. The zero-order valence-electron chi connectivity index (χ0n) is 22.6. The van der Waals surface area contributed by atoms with E-state index in [9.17, 15) is 57.9 Å². The van der Waals surface area contributed by atoms with Crippen molar-refractivity contribution in [2.45, 2.75) is 0 Å². The second-order valence-corrected chi connectivity index (χ2v) is 9.50. The van der Waals surface area contributed by atoms with Crippen LogP contribution in [0.3, 0.4) is 0 Å². The summed E-state index contributed by atoms with van der Waals surface area (Å²) in [5.41, 5.74) is -14.1. The summed E-state index contributed by atoms with van der Waals surface area (Å²) in [6, 6.07) is 9.75. The zero-order chi connectivity index (χ0) is 35.5. The molecule has 0 amide bonds. The first kappa shape index (κ1) is 32.3. The van der Waals surface area contributed by atoms with Gasteiger partial charge >= 0.3 is 0 Å². The van der Waals surface area contributed by atoms with Gasteiger partial charge < -0.3 is 0 Å². The molecule has 16 heteroatoms. The van der Waals surface area contributed by atoms with E-state index in [1.54, 1.807) is 0 Å². The van der Waals surface area contributed by atoms with Gasteiger partial charge in [-0.05, 0) is 23.3 Å². The van der Waals surface area contributed by atoms with Crippen molar-refractivity contribution in [3.8, 4) is 36.4 Å². The van der Waals surface area contributed by atoms with Crippen molar-refractivity contribution in [1.29, 1.82) is 31.6 Å². The van der Waals surface area contributed by atoms with Crippen LogP contribution in [0.4, 0.5) is 43.9 Å². The van der Waals surface area contributed by atoms with Crippen molar-refractivity contribution in [2.24, 2.45) is 0 Å². The molecule has 0 fully saturated rings. The first-order chi connectivity index (χ1) is 22.8. The minimum atomic E-state index is -2.59. The van der Waals surface area contributed by atoms with E-state index >= 15 is 17.6 Å². The van der Waals surface area contributed by atoms with Crippen LogP contribution >= 0.6 is 0 Å². The Morgan fingerprint density at radius 2 is 0.625 bits per heavy atom. The number of nitrogens with zero attached hydrogens (tertiary/aromatic N) is 6. The molecule has 5 rings (SSSR count). The fourth-order valence-corrected chi connectivity index (χ4v) is 5.39. The topological polar surface area (TPSA) is 143 Å². The number of rotatable bonds is 2. The van der Waals surface area contributed by atoms with E-state index in [1.165, 1.54) is 36.4 Å². The molecule has 0 aromatic heterocycles. The van der Waals surface area contributed by atoms with E-state index in [0.29, 0.717) is 0 Å². The fourth-order valence-electron chi connectivity index (χ4n) is 5.39. The first-order valence-corrected chi connectivity index (χ1v) is 12.4. The summed E-state index contributed by atoms with van der Waals surface area (Å²) in [7, 11) is 0. The highest BCUT2D eigenvalue weighted by molar-refractivity contribution is 6.30. The number of halogens is 10. The molecule has 0 unspecified atom stereocenters. The second-order valence-electron chi connectivity index (χ2n) is 9.50. The van der Waals surface area contributed by atoms with Gasteiger partial charge in [-0.3, -0.25) is 0 Å². The Morgan fingerprint density at radius 3 is 0.875 bits per heavy atom. The summed E-state index contributed by atoms with van der Waals surface area (Å²) < 4.78 is 145. The summed E-state index contributed by atoms with van der Waals surface area (Å²) in [6.45, 7) is 0. The van der Waals surface area contributed by atoms with Crippen LogP contribution in [-0.2, 0) is 0 Å². The van der Waals surface area contributed by atoms with Gasteiger partial charge in [0, 0.05) is 33.4 Å². The van der Waals surface area contributed by atoms with Crippen LogP contribution in [-0.4, -0.2) is 0 Å². The predicted molar refractivity (Wildman–Crippen MR) is 140 cm³/mol. The first-order valence-electron chi connectivity index (χ1n) is 12.4. The van der Waals surface area contributed by atoms with E-state index in [2.05, 4.69) is 0 Å². The van der Waals surface area contributed by atoms with E-state index in [1.807, 2.05) is 0 Å². The van der Waals surface area contributed by atoms with E-state index < -0.39 is 136 Å². The third kappa shape index (κ3) is 4.08. The van der Waals surface area contributed by atoms with Crippen LogP contribution < -0.4 is 0 Å². The monoisotopic (exact) mass is 660 g/mol. The Hall–Kier alpha value is -7.14. The Labute approximate surface area is 260 Å². The van der Waals surface area contributed by atoms with Gasteiger partial charge in [0.1, 0.15) is 47.6 Å². The molecule has 2 aliphatic carbocycles. The van der Waals surface area contributed by atoms with Gasteiger partial charge in [0.15, 0.2) is 46.5 Å². The second kappa shape index (κ2) is 11.3. The number of benzene rings is 3. The van der Waals surface area contributed by atoms with Crippen molar-refractivity contribution >= 4 is 33.4 Å². The van der Waals surface area contributed by atoms with Gasteiger partial charge in [0.25, 0.3) is 0 Å². The van der Waals surface area contributed by atoms with Gasteiger partial charge in [0.05, 0.1) is 22.3 Å². The molecule has 3 aromatic rings. The molecule has 0 N–H and O–H groups in total. The predicted octanol–water partition coefficient (Wildman–Crippen LogP) is 7.58. The van der Waals surface area contributed by atoms with Gasteiger partial charge in [0.2, 0.25) is 11.6 Å². The lowest BCUT2D eigenvalue weighted by atomic mass is 9.88. The molecule has 0 aliphatic heterocycles. The summed E-state index contributed by atoms with van der Waals surface area (Å²) in [5, 5.41) is 58.8. The number of hydrogen-bond acceptors (Lipinski definition) is 6. The smallest absolute Gasteiger partial charge is 0.200 e. The molecule has 0 atom stereocenters. The molecule has 2 aliphatic rings. The average Bonchev–Trinajstić information content (AvgIpc) is 3.56. The lowest BCUT2D eigenvalue weighted by molar-refractivity contribution is 0.376. The summed E-state index contributed by atoms with van der Waals surface area (Å²) >= 11 is 0. The van der Waals surface area contributed by atoms with Crippen LogP contribution in [0.15, 0.2) is 23.3 Å². The van der Waals surface area contributed by atoms with Crippen molar-refractivity contribution in [1.82, 2.24) is 0 Å². The largest absolute Gasteiger partial charge is 0.203 e. The highest BCUT2D eigenvalue weighted by atomic mass is 19.2. The Kier molecular flexibility index (Phi) is 7.62. The standard InChI is InChI=1S/C32H2F10N6/c33-23-21(24(34)28(38)31(41)27(23)37)19-15(7-47)11-1-12-14(2-13(11)17(19)9(3-43)4-44)18(10(5-45)6-46)20(16(12)8-48)22-25(35)29(39)32(42)30(40)26(22)36/h1-2H. The summed E-state index contributed by atoms with van der Waals surface area (Å²) in [6.07, 6.45) is 0. The highest BCUT2D eigenvalue weighted by Crippen LogP contribution is 2.55. The average molecular weight is 660 g/mol. The third-order valence-corrected chi connectivity index (χ3v) is 7.33. The van der Waals surface area contributed by atoms with E-state index in [-0.39, 0.29) is 0 Å². The van der Waals surface area contributed by atoms with Crippen LogP contribution in [0.2, 0.25) is 0 Å². The quantitative estimate of drug-likeness (QED) is 0.120. The maximum absolute atomic E-state index is 15.1. The number of hydrogen-bond donors (Lipinski definition) is 0. The van der Waals surface area contributed by atoms with Crippen molar-refractivity contribution < 1.29 is 43.9 Å². The van der Waals surface area contributed by atoms with Crippen molar-refractivity contribution in [3.63, 3.8) is 0 Å². The molecular formula is C32H2F10N6. The van der Waals surface area contributed by atoms with Gasteiger partial charge in [-0.15, -0.1) is 0 Å². The number of allylic oxidation sites excluding steroid dienone is 8. The molecule has 0 radical (unpaired) electrons. The van der Waals surface area contributed by atoms with Gasteiger partial charge in [-0.2, -0.15) is 31.6 Å². The third-order valence-electron chi connectivity index (χ3n) is 7.33. The van der Waals surface area contributed by atoms with Crippen LogP contribution in [0.1, 0.15) is 33.4 Å². The molecule has 230 valence electrons. The van der Waals surface area contributed by atoms with Gasteiger partial charge in [-0.1, -0.05) is 0 Å². The Balaban J connectivity index is 2.03.